The van der Waals surface area contributed by atoms with E-state index in [4.69, 9.17) is 5.11 Å². The summed E-state index contributed by atoms with van der Waals surface area (Å²) in [5.41, 5.74) is 0. The molecule has 1 N–H and O–H groups in total. The number of nitrogens with zero attached hydrogens (tertiary/aromatic N) is 3. The maximum absolute atomic E-state index is 12.7. The van der Waals surface area contributed by atoms with E-state index < -0.39 is 5.97 Å². The van der Waals surface area contributed by atoms with E-state index in [1.165, 1.54) is 6.42 Å². The Morgan fingerprint density at radius 2 is 1.88 bits per heavy atom. The van der Waals surface area contributed by atoms with Crippen LogP contribution < -0.4 is 0 Å². The van der Waals surface area contributed by atoms with Crippen LogP contribution in [0.25, 0.3) is 0 Å². The van der Waals surface area contributed by atoms with Gasteiger partial charge in [-0.15, -0.1) is 0 Å². The molecule has 2 fully saturated rings. The lowest BCUT2D eigenvalue weighted by Gasteiger charge is -2.36. The summed E-state index contributed by atoms with van der Waals surface area (Å²) in [7, 11) is 1.89. The summed E-state index contributed by atoms with van der Waals surface area (Å²) in [4.78, 5) is 29.9. The summed E-state index contributed by atoms with van der Waals surface area (Å²) in [5, 5.41) is 8.95. The summed E-state index contributed by atoms with van der Waals surface area (Å²) in [5.74, 6) is -0.497. The topological polar surface area (TPSA) is 64.1 Å². The van der Waals surface area contributed by atoms with Crippen molar-refractivity contribution >= 4 is 11.9 Å². The van der Waals surface area contributed by atoms with E-state index in [0.717, 1.165) is 58.2 Å². The Bertz CT molecular complexity index is 430. The number of carboxylic acid groups (broad SMARTS) is 1. The first kappa shape index (κ1) is 19.2. The van der Waals surface area contributed by atoms with Crippen molar-refractivity contribution in [3.63, 3.8) is 0 Å². The average Bonchev–Trinajstić information content (AvgIpc) is 2.79. The predicted molar refractivity (Wildman–Crippen MR) is 94.0 cm³/mol. The Balaban J connectivity index is 1.83. The van der Waals surface area contributed by atoms with E-state index in [9.17, 15) is 9.59 Å². The molecule has 1 amide bonds. The molecular weight excluding hydrogens is 306 g/mol. The van der Waals surface area contributed by atoms with Crippen LogP contribution in [-0.4, -0.2) is 83.5 Å². The highest BCUT2D eigenvalue weighted by Crippen LogP contribution is 2.21. The summed E-state index contributed by atoms with van der Waals surface area (Å²) in [6.45, 7) is 5.51. The SMILES string of the molecule is CCC1CCCCN1C(=O)CN1CCCC(N(C)CC(=O)O)CC1. The van der Waals surface area contributed by atoms with Crippen LogP contribution in [0.4, 0.5) is 0 Å². The molecule has 2 atom stereocenters. The summed E-state index contributed by atoms with van der Waals surface area (Å²) in [6, 6.07) is 0.729. The van der Waals surface area contributed by atoms with Crippen LogP contribution in [0.1, 0.15) is 51.9 Å². The molecule has 2 unspecified atom stereocenters. The monoisotopic (exact) mass is 339 g/mol. The van der Waals surface area contributed by atoms with E-state index in [0.29, 0.717) is 18.6 Å². The van der Waals surface area contributed by atoms with Crippen molar-refractivity contribution in [3.05, 3.63) is 0 Å². The molecule has 0 spiro atoms. The number of piperidine rings is 1. The number of amides is 1. The molecule has 0 aliphatic carbocycles. The van der Waals surface area contributed by atoms with E-state index in [1.54, 1.807) is 0 Å². The summed E-state index contributed by atoms with van der Waals surface area (Å²) in [6.07, 6.45) is 7.54. The number of carbonyl (C=O) groups is 2. The van der Waals surface area contributed by atoms with Gasteiger partial charge in [0.2, 0.25) is 5.91 Å². The molecule has 0 aromatic heterocycles. The lowest BCUT2D eigenvalue weighted by molar-refractivity contribution is -0.138. The molecule has 6 nitrogen and oxygen atoms in total. The predicted octanol–water partition coefficient (Wildman–Crippen LogP) is 1.65. The lowest BCUT2D eigenvalue weighted by Crippen LogP contribution is -2.48. The van der Waals surface area contributed by atoms with Crippen LogP contribution in [-0.2, 0) is 9.59 Å². The molecular formula is C18H33N3O3. The van der Waals surface area contributed by atoms with E-state index in [2.05, 4.69) is 16.7 Å². The molecule has 0 aromatic carbocycles. The highest BCUT2D eigenvalue weighted by atomic mass is 16.4. The third kappa shape index (κ3) is 5.45. The standard InChI is InChI=1S/C18H33N3O3/c1-3-15-7-4-5-11-21(15)17(22)13-20-10-6-8-16(9-12-20)19(2)14-18(23)24/h15-16H,3-14H2,1-2H3,(H,23,24). The van der Waals surface area contributed by atoms with Gasteiger partial charge in [0.25, 0.3) is 0 Å². The first-order chi connectivity index (χ1) is 11.5. The fraction of sp³-hybridized carbons (Fsp3) is 0.889. The Kier molecular flexibility index (Phi) is 7.49. The molecule has 6 heteroatoms. The van der Waals surface area contributed by atoms with Crippen molar-refractivity contribution in [2.75, 3.05) is 39.8 Å². The number of aliphatic carboxylic acids is 1. The molecule has 0 radical (unpaired) electrons. The van der Waals surface area contributed by atoms with Gasteiger partial charge in [-0.3, -0.25) is 19.4 Å². The Morgan fingerprint density at radius 3 is 2.58 bits per heavy atom. The van der Waals surface area contributed by atoms with Crippen LogP contribution >= 0.6 is 0 Å². The van der Waals surface area contributed by atoms with Crippen LogP contribution in [0.3, 0.4) is 0 Å². The lowest BCUT2D eigenvalue weighted by atomic mass is 10.00. The average molecular weight is 339 g/mol. The van der Waals surface area contributed by atoms with Crippen molar-refractivity contribution in [2.45, 2.75) is 64.0 Å². The largest absolute Gasteiger partial charge is 0.480 e. The molecule has 2 aliphatic rings. The number of carbonyl (C=O) groups excluding carboxylic acids is 1. The first-order valence-corrected chi connectivity index (χ1v) is 9.45. The quantitative estimate of drug-likeness (QED) is 0.797. The molecule has 2 heterocycles. The fourth-order valence-corrected chi connectivity index (χ4v) is 4.12. The fourth-order valence-electron chi connectivity index (χ4n) is 4.12. The van der Waals surface area contributed by atoms with Crippen molar-refractivity contribution < 1.29 is 14.7 Å². The van der Waals surface area contributed by atoms with Gasteiger partial charge in [-0.05, 0) is 58.5 Å². The summed E-state index contributed by atoms with van der Waals surface area (Å²) >= 11 is 0. The highest BCUT2D eigenvalue weighted by Gasteiger charge is 2.28. The van der Waals surface area contributed by atoms with Crippen LogP contribution in [0.2, 0.25) is 0 Å². The smallest absolute Gasteiger partial charge is 0.317 e. The number of rotatable bonds is 6. The zero-order valence-corrected chi connectivity index (χ0v) is 15.2. The maximum atomic E-state index is 12.7. The molecule has 0 saturated carbocycles. The third-order valence-electron chi connectivity index (χ3n) is 5.58. The first-order valence-electron chi connectivity index (χ1n) is 9.45. The number of likely N-dealkylation sites (N-methyl/N-ethyl adjacent to an activating group) is 1. The van der Waals surface area contributed by atoms with Crippen molar-refractivity contribution in [3.8, 4) is 0 Å². The van der Waals surface area contributed by atoms with Crippen LogP contribution in [0.5, 0.6) is 0 Å². The van der Waals surface area contributed by atoms with Crippen LogP contribution in [0.15, 0.2) is 0 Å². The normalized spacial score (nSPS) is 26.4. The molecule has 138 valence electrons. The Labute approximate surface area is 145 Å². The maximum Gasteiger partial charge on any atom is 0.317 e. The number of likely N-dealkylation sites (tertiary alicyclic amines) is 2. The van der Waals surface area contributed by atoms with E-state index >= 15 is 0 Å². The number of hydrogen-bond acceptors (Lipinski definition) is 4. The van der Waals surface area contributed by atoms with Gasteiger partial charge < -0.3 is 10.0 Å². The highest BCUT2D eigenvalue weighted by molar-refractivity contribution is 5.78. The van der Waals surface area contributed by atoms with E-state index in [1.807, 2.05) is 11.9 Å². The van der Waals surface area contributed by atoms with Gasteiger partial charge in [-0.1, -0.05) is 6.92 Å². The number of hydrogen-bond donors (Lipinski definition) is 1. The van der Waals surface area contributed by atoms with Crippen LogP contribution in [0, 0.1) is 0 Å². The zero-order valence-electron chi connectivity index (χ0n) is 15.2. The van der Waals surface area contributed by atoms with Crippen molar-refractivity contribution in [2.24, 2.45) is 0 Å². The number of carboxylic acids is 1. The van der Waals surface area contributed by atoms with Gasteiger partial charge in [0.1, 0.15) is 0 Å². The van der Waals surface area contributed by atoms with Gasteiger partial charge in [0, 0.05) is 25.2 Å². The van der Waals surface area contributed by atoms with Gasteiger partial charge >= 0.3 is 5.97 Å². The Hall–Kier alpha value is -1.14. The minimum Gasteiger partial charge on any atom is -0.480 e. The minimum atomic E-state index is -0.774. The minimum absolute atomic E-state index is 0.0928. The van der Waals surface area contributed by atoms with E-state index in [-0.39, 0.29) is 12.5 Å². The second kappa shape index (κ2) is 9.37. The molecule has 2 rings (SSSR count). The van der Waals surface area contributed by atoms with Gasteiger partial charge in [-0.25, -0.2) is 0 Å². The molecule has 2 saturated heterocycles. The Morgan fingerprint density at radius 1 is 1.08 bits per heavy atom. The van der Waals surface area contributed by atoms with Crippen molar-refractivity contribution in [1.82, 2.24) is 14.7 Å². The van der Waals surface area contributed by atoms with Crippen molar-refractivity contribution in [1.29, 1.82) is 0 Å². The van der Waals surface area contributed by atoms with Gasteiger partial charge in [-0.2, -0.15) is 0 Å². The molecule has 0 aromatic rings. The zero-order chi connectivity index (χ0) is 17.5. The second-order valence-electron chi connectivity index (χ2n) is 7.31. The molecule has 24 heavy (non-hydrogen) atoms. The summed E-state index contributed by atoms with van der Waals surface area (Å²) < 4.78 is 0. The second-order valence-corrected chi connectivity index (χ2v) is 7.31. The third-order valence-corrected chi connectivity index (χ3v) is 5.58. The molecule has 2 aliphatic heterocycles. The van der Waals surface area contributed by atoms with Gasteiger partial charge in [0.05, 0.1) is 13.1 Å². The van der Waals surface area contributed by atoms with Gasteiger partial charge in [0.15, 0.2) is 0 Å². The molecule has 0 bridgehead atoms.